The Balaban J connectivity index is 2.78. The molecule has 104 valence electrons. The van der Waals surface area contributed by atoms with Gasteiger partial charge in [0.1, 0.15) is 5.54 Å². The fourth-order valence-electron chi connectivity index (χ4n) is 2.21. The van der Waals surface area contributed by atoms with Gasteiger partial charge in [0, 0.05) is 32.2 Å². The van der Waals surface area contributed by atoms with E-state index in [1.807, 2.05) is 0 Å². The maximum atomic E-state index is 12.3. The standard InChI is InChI=1S/C12H22N2O4/c1-4-14(12(2,3)10(16)17)11(18)13-6-5-9(7-13)8-15/h9,15H,4-8H2,1-3H3,(H,16,17). The first-order chi connectivity index (χ1) is 8.34. The minimum absolute atomic E-state index is 0.0677. The normalized spacial score (nSPS) is 20.0. The first-order valence-electron chi connectivity index (χ1n) is 6.25. The number of hydrogen-bond donors (Lipinski definition) is 2. The molecule has 2 amide bonds. The third-order valence-electron chi connectivity index (χ3n) is 3.56. The fraction of sp³-hybridized carbons (Fsp3) is 0.833. The first kappa shape index (κ1) is 14.8. The Kier molecular flexibility index (Phi) is 4.56. The molecule has 1 fully saturated rings. The second-order valence-corrected chi connectivity index (χ2v) is 5.17. The second kappa shape index (κ2) is 5.56. The lowest BCUT2D eigenvalue weighted by Crippen LogP contribution is -2.56. The number of likely N-dealkylation sites (N-methyl/N-ethyl adjacent to an activating group) is 1. The van der Waals surface area contributed by atoms with Crippen molar-refractivity contribution in [1.29, 1.82) is 0 Å². The van der Waals surface area contributed by atoms with Crippen molar-refractivity contribution in [3.63, 3.8) is 0 Å². The Bertz CT molecular complexity index is 330. The number of nitrogens with zero attached hydrogens (tertiary/aromatic N) is 2. The number of carboxylic acid groups (broad SMARTS) is 1. The highest BCUT2D eigenvalue weighted by molar-refractivity contribution is 5.85. The molecule has 1 aliphatic rings. The molecule has 0 aromatic heterocycles. The Labute approximate surface area is 107 Å². The number of aliphatic hydroxyl groups is 1. The maximum Gasteiger partial charge on any atom is 0.329 e. The number of carbonyl (C=O) groups is 2. The van der Waals surface area contributed by atoms with Gasteiger partial charge in [-0.1, -0.05) is 0 Å². The van der Waals surface area contributed by atoms with Crippen molar-refractivity contribution in [3.05, 3.63) is 0 Å². The SMILES string of the molecule is CCN(C(=O)N1CCC(CO)C1)C(C)(C)C(=O)O. The summed E-state index contributed by atoms with van der Waals surface area (Å²) in [5.74, 6) is -0.906. The molecule has 2 N–H and O–H groups in total. The molecule has 0 spiro atoms. The van der Waals surface area contributed by atoms with E-state index in [1.54, 1.807) is 11.8 Å². The van der Waals surface area contributed by atoms with Crippen molar-refractivity contribution >= 4 is 12.0 Å². The van der Waals surface area contributed by atoms with E-state index in [0.29, 0.717) is 19.6 Å². The van der Waals surface area contributed by atoms with Gasteiger partial charge in [0.15, 0.2) is 0 Å². The third-order valence-corrected chi connectivity index (χ3v) is 3.56. The molecule has 0 aromatic carbocycles. The van der Waals surface area contributed by atoms with Gasteiger partial charge in [-0.2, -0.15) is 0 Å². The van der Waals surface area contributed by atoms with Gasteiger partial charge in [-0.05, 0) is 27.2 Å². The molecule has 1 heterocycles. The van der Waals surface area contributed by atoms with Crippen LogP contribution in [0.3, 0.4) is 0 Å². The van der Waals surface area contributed by atoms with Crippen LogP contribution in [0.4, 0.5) is 4.79 Å². The average Bonchev–Trinajstić information content (AvgIpc) is 2.77. The molecule has 1 unspecified atom stereocenters. The Morgan fingerprint density at radius 2 is 2.06 bits per heavy atom. The van der Waals surface area contributed by atoms with Gasteiger partial charge in [-0.25, -0.2) is 9.59 Å². The molecule has 1 aliphatic heterocycles. The van der Waals surface area contributed by atoms with E-state index in [-0.39, 0.29) is 18.6 Å². The summed E-state index contributed by atoms with van der Waals surface area (Å²) in [5, 5.41) is 18.2. The average molecular weight is 258 g/mol. The Morgan fingerprint density at radius 1 is 1.44 bits per heavy atom. The highest BCUT2D eigenvalue weighted by atomic mass is 16.4. The lowest BCUT2D eigenvalue weighted by Gasteiger charge is -2.37. The van der Waals surface area contributed by atoms with Crippen LogP contribution in [0.15, 0.2) is 0 Å². The summed E-state index contributed by atoms with van der Waals surface area (Å²) in [7, 11) is 0. The lowest BCUT2D eigenvalue weighted by molar-refractivity contribution is -0.147. The zero-order valence-corrected chi connectivity index (χ0v) is 11.2. The van der Waals surface area contributed by atoms with E-state index >= 15 is 0 Å². The number of amides is 2. The van der Waals surface area contributed by atoms with Crippen LogP contribution >= 0.6 is 0 Å². The van der Waals surface area contributed by atoms with Gasteiger partial charge < -0.3 is 20.0 Å². The van der Waals surface area contributed by atoms with E-state index in [4.69, 9.17) is 5.11 Å². The molecule has 0 saturated carbocycles. The molecule has 1 rings (SSSR count). The van der Waals surface area contributed by atoms with E-state index in [2.05, 4.69) is 0 Å². The zero-order valence-electron chi connectivity index (χ0n) is 11.2. The van der Waals surface area contributed by atoms with Gasteiger partial charge in [-0.15, -0.1) is 0 Å². The molecule has 1 atom stereocenters. The summed E-state index contributed by atoms with van der Waals surface area (Å²) in [6.07, 6.45) is 0.771. The molecule has 18 heavy (non-hydrogen) atoms. The summed E-state index contributed by atoms with van der Waals surface area (Å²) >= 11 is 0. The zero-order chi connectivity index (χ0) is 13.9. The number of urea groups is 1. The largest absolute Gasteiger partial charge is 0.480 e. The van der Waals surface area contributed by atoms with Crippen LogP contribution in [0.1, 0.15) is 27.2 Å². The molecule has 1 saturated heterocycles. The third kappa shape index (κ3) is 2.75. The summed E-state index contributed by atoms with van der Waals surface area (Å²) in [5.41, 5.74) is -1.22. The number of carbonyl (C=O) groups excluding carboxylic acids is 1. The Morgan fingerprint density at radius 3 is 2.44 bits per heavy atom. The van der Waals surface area contributed by atoms with Gasteiger partial charge in [-0.3, -0.25) is 0 Å². The smallest absolute Gasteiger partial charge is 0.329 e. The molecule has 0 bridgehead atoms. The minimum Gasteiger partial charge on any atom is -0.480 e. The molecule has 6 nitrogen and oxygen atoms in total. The first-order valence-corrected chi connectivity index (χ1v) is 6.25. The quantitative estimate of drug-likeness (QED) is 0.774. The van der Waals surface area contributed by atoms with Gasteiger partial charge in [0.25, 0.3) is 0 Å². The van der Waals surface area contributed by atoms with E-state index < -0.39 is 11.5 Å². The topological polar surface area (TPSA) is 81.1 Å². The van der Waals surface area contributed by atoms with Crippen molar-refractivity contribution in [1.82, 2.24) is 9.80 Å². The summed E-state index contributed by atoms with van der Waals surface area (Å²) in [6.45, 7) is 6.31. The minimum atomic E-state index is -1.22. The van der Waals surface area contributed by atoms with Crippen LogP contribution in [-0.2, 0) is 4.79 Å². The second-order valence-electron chi connectivity index (χ2n) is 5.17. The van der Waals surface area contributed by atoms with Gasteiger partial charge in [0.05, 0.1) is 0 Å². The maximum absolute atomic E-state index is 12.3. The fourth-order valence-corrected chi connectivity index (χ4v) is 2.21. The van der Waals surface area contributed by atoms with Gasteiger partial charge >= 0.3 is 12.0 Å². The van der Waals surface area contributed by atoms with Crippen molar-refractivity contribution in [2.75, 3.05) is 26.2 Å². The van der Waals surface area contributed by atoms with E-state index in [9.17, 15) is 14.7 Å². The summed E-state index contributed by atoms with van der Waals surface area (Å²) in [4.78, 5) is 26.5. The molecular formula is C12H22N2O4. The predicted octanol–water partition coefficient (Wildman–Crippen LogP) is 0.606. The number of carboxylic acids is 1. The number of rotatable bonds is 4. The summed E-state index contributed by atoms with van der Waals surface area (Å²) in [6, 6.07) is -0.263. The van der Waals surface area contributed by atoms with Crippen molar-refractivity contribution in [2.45, 2.75) is 32.7 Å². The molecule has 6 heteroatoms. The van der Waals surface area contributed by atoms with E-state index in [1.165, 1.54) is 18.7 Å². The van der Waals surface area contributed by atoms with Crippen molar-refractivity contribution in [3.8, 4) is 0 Å². The van der Waals surface area contributed by atoms with Crippen LogP contribution in [-0.4, -0.2) is 63.8 Å². The van der Waals surface area contributed by atoms with Crippen molar-refractivity contribution in [2.24, 2.45) is 5.92 Å². The van der Waals surface area contributed by atoms with Crippen LogP contribution in [0.2, 0.25) is 0 Å². The number of aliphatic carboxylic acids is 1. The van der Waals surface area contributed by atoms with E-state index in [0.717, 1.165) is 6.42 Å². The van der Waals surface area contributed by atoms with Gasteiger partial charge in [0.2, 0.25) is 0 Å². The highest BCUT2D eigenvalue weighted by Crippen LogP contribution is 2.22. The number of likely N-dealkylation sites (tertiary alicyclic amines) is 1. The van der Waals surface area contributed by atoms with Crippen LogP contribution in [0.5, 0.6) is 0 Å². The summed E-state index contributed by atoms with van der Waals surface area (Å²) < 4.78 is 0. The highest BCUT2D eigenvalue weighted by Gasteiger charge is 2.40. The van der Waals surface area contributed by atoms with Crippen molar-refractivity contribution < 1.29 is 19.8 Å². The monoisotopic (exact) mass is 258 g/mol. The molecule has 0 aliphatic carbocycles. The molecule has 0 aromatic rings. The predicted molar refractivity (Wildman–Crippen MR) is 66.3 cm³/mol. The Hall–Kier alpha value is -1.30. The molecule has 0 radical (unpaired) electrons. The van der Waals surface area contributed by atoms with Crippen LogP contribution < -0.4 is 0 Å². The number of aliphatic hydroxyl groups excluding tert-OH is 1. The van der Waals surface area contributed by atoms with Crippen LogP contribution in [0, 0.1) is 5.92 Å². The number of hydrogen-bond acceptors (Lipinski definition) is 3. The lowest BCUT2D eigenvalue weighted by atomic mass is 10.0. The molecular weight excluding hydrogens is 236 g/mol. The van der Waals surface area contributed by atoms with Crippen LogP contribution in [0.25, 0.3) is 0 Å².